The van der Waals surface area contributed by atoms with Gasteiger partial charge in [-0.25, -0.2) is 0 Å². The first kappa shape index (κ1) is 50.2. The summed E-state index contributed by atoms with van der Waals surface area (Å²) in [5.74, 6) is -1.86. The third kappa shape index (κ3) is 34.0. The zero-order chi connectivity index (χ0) is 40.0. The fourth-order valence-corrected chi connectivity index (χ4v) is 5.11. The van der Waals surface area contributed by atoms with Gasteiger partial charge in [0.25, 0.3) is 0 Å². The van der Waals surface area contributed by atoms with Crippen LogP contribution in [-0.2, 0) is 28.6 Å². The van der Waals surface area contributed by atoms with Crippen molar-refractivity contribution in [2.45, 2.75) is 135 Å². The maximum atomic E-state index is 12.7. The topological polar surface area (TPSA) is 102 Å². The van der Waals surface area contributed by atoms with E-state index in [9.17, 15) is 19.5 Å². The number of nitrogens with zero attached hydrogens (tertiary/aromatic N) is 1. The van der Waals surface area contributed by atoms with Crippen LogP contribution in [0.3, 0.4) is 0 Å². The Kier molecular flexibility index (Phi) is 33.7. The van der Waals surface area contributed by atoms with Crippen LogP contribution in [0.15, 0.2) is 97.2 Å². The molecule has 2 unspecified atom stereocenters. The van der Waals surface area contributed by atoms with Crippen molar-refractivity contribution < 1.29 is 38.2 Å². The number of carboxylic acid groups (broad SMARTS) is 1. The van der Waals surface area contributed by atoms with Crippen molar-refractivity contribution in [3.05, 3.63) is 97.2 Å². The molecule has 0 radical (unpaired) electrons. The van der Waals surface area contributed by atoms with E-state index in [4.69, 9.17) is 14.2 Å². The number of hydrogen-bond donors (Lipinski definition) is 0. The van der Waals surface area contributed by atoms with Gasteiger partial charge in [-0.05, 0) is 89.9 Å². The largest absolute Gasteiger partial charge is 0.544 e. The summed E-state index contributed by atoms with van der Waals surface area (Å²) in [6.45, 7) is 4.30. The lowest BCUT2D eigenvalue weighted by Crippen LogP contribution is -2.55. The number of unbranched alkanes of at least 4 members (excludes halogenated alkanes) is 4. The second-order valence-corrected chi connectivity index (χ2v) is 14.1. The molecule has 0 bridgehead atoms. The second kappa shape index (κ2) is 36.2. The molecule has 0 saturated heterocycles. The number of aliphatic carboxylic acids is 1. The summed E-state index contributed by atoms with van der Waals surface area (Å²) in [4.78, 5) is 36.7. The lowest BCUT2D eigenvalue weighted by Gasteiger charge is -2.34. The molecule has 8 heteroatoms. The minimum Gasteiger partial charge on any atom is -0.544 e. The fraction of sp³-hybridized carbons (Fsp3) is 0.587. The van der Waals surface area contributed by atoms with Crippen LogP contribution in [-0.4, -0.2) is 75.5 Å². The van der Waals surface area contributed by atoms with Gasteiger partial charge in [-0.2, -0.15) is 0 Å². The van der Waals surface area contributed by atoms with Crippen LogP contribution in [0.2, 0.25) is 0 Å². The highest BCUT2D eigenvalue weighted by Crippen LogP contribution is 2.10. The Hall–Kier alpha value is -3.75. The zero-order valence-corrected chi connectivity index (χ0v) is 34.3. The molecule has 0 aliphatic heterocycles. The van der Waals surface area contributed by atoms with Crippen LogP contribution in [0.25, 0.3) is 0 Å². The number of carboxylic acids is 1. The van der Waals surface area contributed by atoms with Gasteiger partial charge in [0, 0.05) is 19.3 Å². The second-order valence-electron chi connectivity index (χ2n) is 14.1. The molecule has 0 amide bonds. The Bertz CT molecular complexity index is 1200. The van der Waals surface area contributed by atoms with E-state index in [0.717, 1.165) is 77.0 Å². The minimum absolute atomic E-state index is 0.00368. The number of quaternary nitrogens is 1. The molecule has 0 aromatic carbocycles. The molecule has 0 N–H and O–H groups in total. The van der Waals surface area contributed by atoms with E-state index in [1.807, 2.05) is 0 Å². The lowest BCUT2D eigenvalue weighted by molar-refractivity contribution is -0.889. The van der Waals surface area contributed by atoms with Gasteiger partial charge in [0.1, 0.15) is 12.6 Å². The van der Waals surface area contributed by atoms with Crippen LogP contribution in [0.4, 0.5) is 0 Å². The Morgan fingerprint density at radius 2 is 0.963 bits per heavy atom. The maximum Gasteiger partial charge on any atom is 0.306 e. The minimum atomic E-state index is -1.14. The molecule has 304 valence electrons. The van der Waals surface area contributed by atoms with Gasteiger partial charge in [0.2, 0.25) is 0 Å². The van der Waals surface area contributed by atoms with Crippen molar-refractivity contribution in [3.8, 4) is 0 Å². The van der Waals surface area contributed by atoms with Gasteiger partial charge in [-0.1, -0.05) is 111 Å². The first-order chi connectivity index (χ1) is 26.1. The molecule has 2 atom stereocenters. The van der Waals surface area contributed by atoms with E-state index < -0.39 is 18.1 Å². The van der Waals surface area contributed by atoms with Gasteiger partial charge in [0.05, 0.1) is 40.3 Å². The third-order valence-electron chi connectivity index (χ3n) is 8.22. The summed E-state index contributed by atoms with van der Waals surface area (Å²) in [6, 6.07) is -0.745. The van der Waals surface area contributed by atoms with Crippen LogP contribution in [0, 0.1) is 0 Å². The number of carbonyl (C=O) groups is 3. The molecule has 0 heterocycles. The van der Waals surface area contributed by atoms with Crippen molar-refractivity contribution in [2.24, 2.45) is 0 Å². The Balaban J connectivity index is 4.56. The molecule has 0 fully saturated rings. The zero-order valence-electron chi connectivity index (χ0n) is 34.3. The lowest BCUT2D eigenvalue weighted by atomic mass is 10.1. The molecular formula is C46H73NO7. The number of rotatable bonds is 34. The first-order valence-electron chi connectivity index (χ1n) is 20.3. The van der Waals surface area contributed by atoms with E-state index in [0.29, 0.717) is 12.8 Å². The fourth-order valence-electron chi connectivity index (χ4n) is 5.11. The summed E-state index contributed by atoms with van der Waals surface area (Å²) in [6.07, 6.45) is 47.3. The van der Waals surface area contributed by atoms with Crippen molar-refractivity contribution in [1.29, 1.82) is 0 Å². The Morgan fingerprint density at radius 1 is 0.556 bits per heavy atom. The number of ether oxygens (including phenoxy) is 3. The summed E-state index contributed by atoms with van der Waals surface area (Å²) in [7, 11) is 5.36. The predicted molar refractivity (Wildman–Crippen MR) is 221 cm³/mol. The standard InChI is InChI=1S/C46H73NO7/c1-6-8-10-12-14-16-18-20-22-24-26-28-30-32-34-36-44(48)53-41-42(40-52-39-38-43(46(50)51)47(3,4)5)54-45(49)37-35-33-31-29-27-25-23-21-19-17-15-13-11-9-7-2/h8-11,14-17,20-23,26-29,42-43H,6-7,12-13,18-19,24-25,30-41H2,1-5H3/b10-8-,11-9-,16-14-,17-15-,22-20-,23-21-,28-26-,29-27-. The summed E-state index contributed by atoms with van der Waals surface area (Å²) >= 11 is 0. The highest BCUT2D eigenvalue weighted by atomic mass is 16.6. The maximum absolute atomic E-state index is 12.7. The summed E-state index contributed by atoms with van der Waals surface area (Å²) < 4.78 is 17.0. The van der Waals surface area contributed by atoms with E-state index in [-0.39, 0.29) is 55.5 Å². The molecule has 0 rings (SSSR count). The van der Waals surface area contributed by atoms with Crippen LogP contribution in [0.1, 0.15) is 123 Å². The normalized spacial score (nSPS) is 14.0. The van der Waals surface area contributed by atoms with Gasteiger partial charge in [-0.15, -0.1) is 0 Å². The number of hydrogen-bond acceptors (Lipinski definition) is 7. The molecule has 0 aromatic rings. The molecular weight excluding hydrogens is 679 g/mol. The van der Waals surface area contributed by atoms with Crippen molar-refractivity contribution in [3.63, 3.8) is 0 Å². The van der Waals surface area contributed by atoms with Crippen molar-refractivity contribution >= 4 is 17.9 Å². The molecule has 0 aromatic heterocycles. The number of carbonyl (C=O) groups excluding carboxylic acids is 3. The molecule has 8 nitrogen and oxygen atoms in total. The highest BCUT2D eigenvalue weighted by Gasteiger charge is 2.25. The van der Waals surface area contributed by atoms with E-state index >= 15 is 0 Å². The molecule has 54 heavy (non-hydrogen) atoms. The molecule has 0 aliphatic carbocycles. The van der Waals surface area contributed by atoms with Crippen molar-refractivity contribution in [1.82, 2.24) is 0 Å². The monoisotopic (exact) mass is 752 g/mol. The smallest absolute Gasteiger partial charge is 0.306 e. The summed E-state index contributed by atoms with van der Waals surface area (Å²) in [5.41, 5.74) is 0. The SMILES string of the molecule is CC/C=C\C/C=C\C/C=C\C/C=C\CCCCC(=O)OCC(COCCC(C(=O)[O-])[N+](C)(C)C)OC(=O)CCCC/C=C\C/C=C\C/C=C\C/C=C\CC. The quantitative estimate of drug-likeness (QED) is 0.0280. The van der Waals surface area contributed by atoms with Crippen LogP contribution < -0.4 is 5.11 Å². The Morgan fingerprint density at radius 3 is 1.37 bits per heavy atom. The molecule has 0 saturated carbocycles. The van der Waals surface area contributed by atoms with Gasteiger partial charge >= 0.3 is 11.9 Å². The average molecular weight is 752 g/mol. The van der Waals surface area contributed by atoms with Crippen LogP contribution >= 0.6 is 0 Å². The number of esters is 2. The summed E-state index contributed by atoms with van der Waals surface area (Å²) in [5, 5.41) is 11.6. The highest BCUT2D eigenvalue weighted by molar-refractivity contribution is 5.70. The Labute approximate surface area is 328 Å². The first-order valence-corrected chi connectivity index (χ1v) is 20.3. The third-order valence-corrected chi connectivity index (χ3v) is 8.22. The van der Waals surface area contributed by atoms with E-state index in [1.165, 1.54) is 0 Å². The average Bonchev–Trinajstić information content (AvgIpc) is 3.12. The molecule has 0 spiro atoms. The predicted octanol–water partition coefficient (Wildman–Crippen LogP) is 9.40. The van der Waals surface area contributed by atoms with Gasteiger partial charge in [-0.3, -0.25) is 9.59 Å². The van der Waals surface area contributed by atoms with Crippen LogP contribution in [0.5, 0.6) is 0 Å². The number of allylic oxidation sites excluding steroid dienone is 16. The molecule has 0 aliphatic rings. The van der Waals surface area contributed by atoms with Gasteiger partial charge < -0.3 is 28.6 Å². The van der Waals surface area contributed by atoms with E-state index in [2.05, 4.69) is 111 Å². The van der Waals surface area contributed by atoms with E-state index in [1.54, 1.807) is 21.1 Å². The van der Waals surface area contributed by atoms with Crippen molar-refractivity contribution in [2.75, 3.05) is 41.0 Å². The van der Waals surface area contributed by atoms with Gasteiger partial charge in [0.15, 0.2) is 6.10 Å². The number of likely N-dealkylation sites (N-methyl/N-ethyl adjacent to an activating group) is 1.